The standard InChI is InChI=1S/C28H47N7/c1-21(19-33-28(3,4)25(18-31)16-23-10-6-5-7-11-23)34-27(12-8-9-14-29)22(2)35-15-13-26(32)24(17-30)20-35/h5-7,10-11,17,25,27,30,33-34H,1-2,8-9,12-16,18-20,29,31-32H2,3-4H3. The summed E-state index contributed by atoms with van der Waals surface area (Å²) in [6.45, 7) is 16.5. The molecule has 0 amide bonds. The molecule has 0 aromatic heterocycles. The topological polar surface area (TPSA) is 129 Å². The van der Waals surface area contributed by atoms with Crippen LogP contribution in [0.3, 0.4) is 0 Å². The summed E-state index contributed by atoms with van der Waals surface area (Å²) in [5, 5.41) is 15.0. The second-order valence-electron chi connectivity index (χ2n) is 10.1. The Morgan fingerprint density at radius 1 is 1.20 bits per heavy atom. The van der Waals surface area contributed by atoms with Crippen LogP contribution in [0.2, 0.25) is 0 Å². The van der Waals surface area contributed by atoms with Gasteiger partial charge in [0, 0.05) is 60.5 Å². The molecule has 2 rings (SSSR count). The molecule has 0 saturated carbocycles. The largest absolute Gasteiger partial charge is 0.402 e. The summed E-state index contributed by atoms with van der Waals surface area (Å²) < 4.78 is 0. The summed E-state index contributed by atoms with van der Waals surface area (Å²) in [4.78, 5) is 2.23. The van der Waals surface area contributed by atoms with Gasteiger partial charge in [0.2, 0.25) is 0 Å². The zero-order chi connectivity index (χ0) is 25.8. The lowest BCUT2D eigenvalue weighted by Gasteiger charge is -2.38. The number of nitrogens with two attached hydrogens (primary N) is 3. The smallest absolute Gasteiger partial charge is 0.0653 e. The quantitative estimate of drug-likeness (QED) is 0.159. The van der Waals surface area contributed by atoms with Crippen molar-refractivity contribution >= 4 is 6.21 Å². The fraction of sp³-hybridized carbons (Fsp3) is 0.536. The summed E-state index contributed by atoms with van der Waals surface area (Å²) in [6, 6.07) is 10.6. The van der Waals surface area contributed by atoms with E-state index in [1.807, 2.05) is 6.07 Å². The Morgan fingerprint density at radius 2 is 1.91 bits per heavy atom. The lowest BCUT2D eigenvalue weighted by molar-refractivity contribution is 0.260. The molecule has 7 heteroatoms. The number of nitrogens with zero attached hydrogens (tertiary/aromatic N) is 1. The minimum Gasteiger partial charge on any atom is -0.402 e. The second-order valence-corrected chi connectivity index (χ2v) is 10.1. The Morgan fingerprint density at radius 3 is 2.54 bits per heavy atom. The van der Waals surface area contributed by atoms with Crippen molar-refractivity contribution in [2.75, 3.05) is 32.7 Å². The second kappa shape index (κ2) is 14.1. The van der Waals surface area contributed by atoms with Gasteiger partial charge in [-0.15, -0.1) is 0 Å². The van der Waals surface area contributed by atoms with Gasteiger partial charge in [-0.1, -0.05) is 43.5 Å². The Hall–Kier alpha value is -2.61. The third-order valence-corrected chi connectivity index (χ3v) is 7.12. The number of benzene rings is 1. The van der Waals surface area contributed by atoms with Crippen LogP contribution in [-0.2, 0) is 6.42 Å². The number of hydrogen-bond acceptors (Lipinski definition) is 7. The summed E-state index contributed by atoms with van der Waals surface area (Å²) in [5.74, 6) is 0.290. The maximum absolute atomic E-state index is 7.67. The fourth-order valence-corrected chi connectivity index (χ4v) is 4.53. The van der Waals surface area contributed by atoms with Crippen LogP contribution in [0.5, 0.6) is 0 Å². The Labute approximate surface area is 212 Å². The molecule has 0 bridgehead atoms. The van der Waals surface area contributed by atoms with Crippen molar-refractivity contribution in [3.8, 4) is 0 Å². The molecule has 0 aliphatic carbocycles. The van der Waals surface area contributed by atoms with E-state index < -0.39 is 0 Å². The van der Waals surface area contributed by atoms with E-state index in [4.69, 9.17) is 22.6 Å². The van der Waals surface area contributed by atoms with Crippen LogP contribution in [0.15, 0.2) is 66.2 Å². The lowest BCUT2D eigenvalue weighted by atomic mass is 9.82. The highest BCUT2D eigenvalue weighted by Gasteiger charge is 2.29. The zero-order valence-corrected chi connectivity index (χ0v) is 21.8. The van der Waals surface area contributed by atoms with Crippen molar-refractivity contribution in [1.82, 2.24) is 15.5 Å². The number of unbranched alkanes of at least 4 members (excludes halogenated alkanes) is 1. The minimum atomic E-state index is -0.157. The van der Waals surface area contributed by atoms with Gasteiger partial charge in [-0.05, 0) is 64.1 Å². The molecular weight excluding hydrogens is 434 g/mol. The molecule has 9 N–H and O–H groups in total. The van der Waals surface area contributed by atoms with Crippen molar-refractivity contribution in [1.29, 1.82) is 5.41 Å². The normalized spacial score (nSPS) is 16.1. The van der Waals surface area contributed by atoms with E-state index in [0.717, 1.165) is 61.3 Å². The first-order chi connectivity index (χ1) is 16.7. The number of nitrogens with one attached hydrogen (secondary N) is 3. The van der Waals surface area contributed by atoms with Gasteiger partial charge in [0.15, 0.2) is 0 Å². The van der Waals surface area contributed by atoms with Crippen LogP contribution < -0.4 is 27.8 Å². The van der Waals surface area contributed by atoms with Gasteiger partial charge in [0.05, 0.1) is 6.04 Å². The van der Waals surface area contributed by atoms with Gasteiger partial charge in [-0.2, -0.15) is 0 Å². The van der Waals surface area contributed by atoms with Crippen LogP contribution >= 0.6 is 0 Å². The maximum atomic E-state index is 7.67. The van der Waals surface area contributed by atoms with Crippen molar-refractivity contribution in [3.63, 3.8) is 0 Å². The molecule has 0 fully saturated rings. The molecule has 0 saturated heterocycles. The van der Waals surface area contributed by atoms with E-state index in [1.54, 1.807) is 0 Å². The van der Waals surface area contributed by atoms with E-state index >= 15 is 0 Å². The minimum absolute atomic E-state index is 0.0555. The van der Waals surface area contributed by atoms with E-state index in [-0.39, 0.29) is 17.5 Å². The fourth-order valence-electron chi connectivity index (χ4n) is 4.53. The van der Waals surface area contributed by atoms with Crippen LogP contribution in [0.25, 0.3) is 0 Å². The van der Waals surface area contributed by atoms with E-state index in [9.17, 15) is 0 Å². The van der Waals surface area contributed by atoms with Crippen LogP contribution in [0, 0.1) is 11.3 Å². The maximum Gasteiger partial charge on any atom is 0.0653 e. The van der Waals surface area contributed by atoms with Gasteiger partial charge in [0.25, 0.3) is 0 Å². The summed E-state index contributed by atoms with van der Waals surface area (Å²) in [6.07, 6.45) is 5.94. The molecule has 1 aliphatic rings. The molecule has 2 atom stereocenters. The molecule has 1 aromatic carbocycles. The monoisotopic (exact) mass is 481 g/mol. The Balaban J connectivity index is 1.99. The first-order valence-electron chi connectivity index (χ1n) is 12.8. The average Bonchev–Trinajstić information content (AvgIpc) is 2.86. The highest BCUT2D eigenvalue weighted by molar-refractivity contribution is 5.77. The van der Waals surface area contributed by atoms with Crippen LogP contribution in [0.1, 0.15) is 45.1 Å². The highest BCUT2D eigenvalue weighted by Crippen LogP contribution is 2.23. The van der Waals surface area contributed by atoms with Gasteiger partial charge in [-0.25, -0.2) is 0 Å². The Bertz CT molecular complexity index is 859. The number of hydrogen-bond donors (Lipinski definition) is 6. The predicted molar refractivity (Wildman–Crippen MR) is 149 cm³/mol. The van der Waals surface area contributed by atoms with Crippen molar-refractivity contribution < 1.29 is 0 Å². The van der Waals surface area contributed by atoms with Crippen LogP contribution in [0.4, 0.5) is 0 Å². The lowest BCUT2D eigenvalue weighted by Crippen LogP contribution is -2.51. The third kappa shape index (κ3) is 8.84. The molecule has 194 valence electrons. The van der Waals surface area contributed by atoms with E-state index in [1.165, 1.54) is 11.8 Å². The first-order valence-corrected chi connectivity index (χ1v) is 12.8. The average molecular weight is 482 g/mol. The SMILES string of the molecule is C=C(CNC(C)(C)C(CN)Cc1ccccc1)NC(CCCCN)C(=C)N1CCC(N)=C(C=N)C1. The third-order valence-electron chi connectivity index (χ3n) is 7.12. The molecule has 1 aromatic rings. The molecular formula is C28H47N7. The van der Waals surface area contributed by atoms with Crippen molar-refractivity contribution in [2.24, 2.45) is 23.1 Å². The number of rotatable bonds is 16. The molecule has 2 unspecified atom stereocenters. The molecule has 35 heavy (non-hydrogen) atoms. The molecule has 0 spiro atoms. The highest BCUT2D eigenvalue weighted by atomic mass is 15.2. The van der Waals surface area contributed by atoms with E-state index in [2.05, 4.69) is 66.8 Å². The Kier molecular flexibility index (Phi) is 11.5. The summed E-state index contributed by atoms with van der Waals surface area (Å²) in [7, 11) is 0. The molecule has 0 radical (unpaired) electrons. The van der Waals surface area contributed by atoms with Gasteiger partial charge >= 0.3 is 0 Å². The van der Waals surface area contributed by atoms with Crippen molar-refractivity contribution in [2.45, 2.75) is 57.5 Å². The predicted octanol–water partition coefficient (Wildman–Crippen LogP) is 2.85. The van der Waals surface area contributed by atoms with Crippen molar-refractivity contribution in [3.05, 3.63) is 71.7 Å². The molecule has 1 heterocycles. The van der Waals surface area contributed by atoms with Crippen LogP contribution in [-0.4, -0.2) is 55.4 Å². The van der Waals surface area contributed by atoms with Gasteiger partial charge in [0.1, 0.15) is 0 Å². The first kappa shape index (κ1) is 28.6. The summed E-state index contributed by atoms with van der Waals surface area (Å²) in [5.41, 5.74) is 22.8. The van der Waals surface area contributed by atoms with Gasteiger partial charge in [-0.3, -0.25) is 0 Å². The zero-order valence-electron chi connectivity index (χ0n) is 21.8. The molecule has 1 aliphatic heterocycles. The van der Waals surface area contributed by atoms with Gasteiger partial charge < -0.3 is 38.1 Å². The molecule has 7 nitrogen and oxygen atoms in total. The van der Waals surface area contributed by atoms with E-state index in [0.29, 0.717) is 26.2 Å². The summed E-state index contributed by atoms with van der Waals surface area (Å²) >= 11 is 0.